The zero-order valence-electron chi connectivity index (χ0n) is 6.50. The third-order valence-corrected chi connectivity index (χ3v) is 1.12. The number of aromatic nitrogens is 2. The summed E-state index contributed by atoms with van der Waals surface area (Å²) in [6.07, 6.45) is 1.32. The van der Waals surface area contributed by atoms with Crippen molar-refractivity contribution in [2.45, 2.75) is 13.5 Å². The largest absolute Gasteiger partial charge is 0.343 e. The number of nitrogens with one attached hydrogen (secondary N) is 1. The Morgan fingerprint density at radius 3 is 3.18 bits per heavy atom. The molecule has 1 aromatic heterocycles. The average molecular weight is 153 g/mol. The Labute approximate surface area is 65.3 Å². The Morgan fingerprint density at radius 1 is 1.82 bits per heavy atom. The highest BCUT2D eigenvalue weighted by Gasteiger charge is 1.95. The summed E-state index contributed by atoms with van der Waals surface area (Å²) in [6.45, 7) is 7.12. The van der Waals surface area contributed by atoms with E-state index in [1.54, 1.807) is 0 Å². The molecular weight excluding hydrogens is 142 g/mol. The molecule has 11 heavy (non-hydrogen) atoms. The van der Waals surface area contributed by atoms with Crippen LogP contribution < -0.4 is 5.32 Å². The van der Waals surface area contributed by atoms with E-state index in [4.69, 9.17) is 0 Å². The van der Waals surface area contributed by atoms with Crippen molar-refractivity contribution in [3.05, 3.63) is 24.4 Å². The second-order valence-electron chi connectivity index (χ2n) is 2.41. The van der Waals surface area contributed by atoms with Gasteiger partial charge in [-0.1, -0.05) is 17.3 Å². The second-order valence-corrected chi connectivity index (χ2v) is 2.41. The van der Waals surface area contributed by atoms with Crippen LogP contribution in [0, 0.1) is 0 Å². The molecule has 0 unspecified atom stereocenters. The molecule has 0 radical (unpaired) electrons. The van der Waals surface area contributed by atoms with Crippen LogP contribution in [0.25, 0.3) is 0 Å². The summed E-state index contributed by atoms with van der Waals surface area (Å²) in [5.74, 6) is 0.672. The molecule has 4 heteroatoms. The van der Waals surface area contributed by atoms with Crippen molar-refractivity contribution in [2.75, 3.05) is 6.54 Å². The van der Waals surface area contributed by atoms with Crippen LogP contribution in [0.15, 0.2) is 23.1 Å². The monoisotopic (exact) mass is 153 g/mol. The van der Waals surface area contributed by atoms with E-state index in [1.165, 1.54) is 6.39 Å². The maximum Gasteiger partial charge on any atom is 0.213 e. The molecule has 0 fully saturated rings. The van der Waals surface area contributed by atoms with E-state index in [1.807, 2.05) is 6.92 Å². The van der Waals surface area contributed by atoms with Gasteiger partial charge in [0.05, 0.1) is 6.54 Å². The first-order valence-corrected chi connectivity index (χ1v) is 3.39. The number of hydrogen-bond acceptors (Lipinski definition) is 4. The Morgan fingerprint density at radius 2 is 2.64 bits per heavy atom. The van der Waals surface area contributed by atoms with Crippen LogP contribution >= 0.6 is 0 Å². The van der Waals surface area contributed by atoms with Crippen molar-refractivity contribution in [3.63, 3.8) is 0 Å². The minimum absolute atomic E-state index is 0.628. The van der Waals surface area contributed by atoms with Crippen molar-refractivity contribution in [3.8, 4) is 0 Å². The van der Waals surface area contributed by atoms with Gasteiger partial charge < -0.3 is 9.84 Å². The molecule has 0 saturated carbocycles. The molecule has 0 aliphatic rings. The van der Waals surface area contributed by atoms with Crippen LogP contribution in [0.2, 0.25) is 0 Å². The van der Waals surface area contributed by atoms with Gasteiger partial charge in [-0.05, 0) is 6.92 Å². The minimum Gasteiger partial charge on any atom is -0.343 e. The van der Waals surface area contributed by atoms with Gasteiger partial charge in [0.1, 0.15) is 0 Å². The van der Waals surface area contributed by atoms with Gasteiger partial charge >= 0.3 is 0 Å². The van der Waals surface area contributed by atoms with Gasteiger partial charge in [-0.15, -0.1) is 0 Å². The van der Waals surface area contributed by atoms with Gasteiger partial charge in [-0.3, -0.25) is 0 Å². The maximum absolute atomic E-state index is 4.55. The van der Waals surface area contributed by atoms with Crippen LogP contribution in [0.5, 0.6) is 0 Å². The second kappa shape index (κ2) is 3.88. The normalized spacial score (nSPS) is 9.91. The summed E-state index contributed by atoms with van der Waals surface area (Å²) in [4.78, 5) is 3.84. The van der Waals surface area contributed by atoms with Gasteiger partial charge in [0.25, 0.3) is 0 Å². The Hall–Kier alpha value is -1.16. The summed E-state index contributed by atoms with van der Waals surface area (Å²) in [6, 6.07) is 0. The van der Waals surface area contributed by atoms with Gasteiger partial charge in [0.15, 0.2) is 5.82 Å². The topological polar surface area (TPSA) is 51.0 Å². The Bertz CT molecular complexity index is 218. The van der Waals surface area contributed by atoms with Crippen molar-refractivity contribution in [2.24, 2.45) is 0 Å². The molecule has 0 aliphatic carbocycles. The predicted octanol–water partition coefficient (Wildman–Crippen LogP) is 0.735. The summed E-state index contributed by atoms with van der Waals surface area (Å²) >= 11 is 0. The van der Waals surface area contributed by atoms with Gasteiger partial charge in [0, 0.05) is 6.54 Å². The highest BCUT2D eigenvalue weighted by Crippen LogP contribution is 1.88. The SMILES string of the molecule is C=C(C)CNCc1ncon1. The van der Waals surface area contributed by atoms with Gasteiger partial charge in [0.2, 0.25) is 6.39 Å². The standard InChI is InChI=1S/C7H11N3O/c1-6(2)3-8-4-7-9-5-11-10-7/h5,8H,1,3-4H2,2H3. The highest BCUT2D eigenvalue weighted by atomic mass is 16.5. The van der Waals surface area contributed by atoms with E-state index in [-0.39, 0.29) is 0 Å². The van der Waals surface area contributed by atoms with Crippen LogP contribution in [0.3, 0.4) is 0 Å². The molecule has 1 rings (SSSR count). The first kappa shape index (κ1) is 7.94. The van der Waals surface area contributed by atoms with Gasteiger partial charge in [-0.2, -0.15) is 4.98 Å². The molecule has 0 aromatic carbocycles. The maximum atomic E-state index is 4.55. The van der Waals surface area contributed by atoms with Crippen molar-refractivity contribution in [1.29, 1.82) is 0 Å². The number of nitrogens with zero attached hydrogens (tertiary/aromatic N) is 2. The molecule has 60 valence electrons. The summed E-state index contributed by atoms with van der Waals surface area (Å²) in [7, 11) is 0. The lowest BCUT2D eigenvalue weighted by atomic mass is 10.3. The Kier molecular flexibility index (Phi) is 2.80. The third kappa shape index (κ3) is 2.95. The fourth-order valence-electron chi connectivity index (χ4n) is 0.658. The van der Waals surface area contributed by atoms with Crippen molar-refractivity contribution in [1.82, 2.24) is 15.5 Å². The van der Waals surface area contributed by atoms with Crippen LogP contribution in [0.1, 0.15) is 12.7 Å². The summed E-state index contributed by atoms with van der Waals surface area (Å²) < 4.78 is 4.55. The lowest BCUT2D eigenvalue weighted by molar-refractivity contribution is 0.408. The quantitative estimate of drug-likeness (QED) is 0.648. The number of hydrogen-bond donors (Lipinski definition) is 1. The van der Waals surface area contributed by atoms with E-state index in [0.717, 1.165) is 12.1 Å². The fraction of sp³-hybridized carbons (Fsp3) is 0.429. The zero-order chi connectivity index (χ0) is 8.10. The average Bonchev–Trinajstić information content (AvgIpc) is 2.39. The smallest absolute Gasteiger partial charge is 0.213 e. The van der Waals surface area contributed by atoms with Gasteiger partial charge in [-0.25, -0.2) is 0 Å². The molecule has 0 atom stereocenters. The molecule has 0 amide bonds. The molecule has 0 aliphatic heterocycles. The zero-order valence-corrected chi connectivity index (χ0v) is 6.50. The molecule has 1 aromatic rings. The number of rotatable bonds is 4. The minimum atomic E-state index is 0.628. The van der Waals surface area contributed by atoms with E-state index in [0.29, 0.717) is 12.4 Å². The van der Waals surface area contributed by atoms with Crippen molar-refractivity contribution < 1.29 is 4.52 Å². The van der Waals surface area contributed by atoms with Crippen LogP contribution in [-0.4, -0.2) is 16.7 Å². The van der Waals surface area contributed by atoms with Crippen molar-refractivity contribution >= 4 is 0 Å². The molecule has 0 saturated heterocycles. The first-order valence-electron chi connectivity index (χ1n) is 3.39. The summed E-state index contributed by atoms with van der Waals surface area (Å²) in [5.41, 5.74) is 1.09. The van der Waals surface area contributed by atoms with Crippen LogP contribution in [0.4, 0.5) is 0 Å². The summed E-state index contributed by atoms with van der Waals surface area (Å²) in [5, 5.41) is 6.74. The fourth-order valence-corrected chi connectivity index (χ4v) is 0.658. The highest BCUT2D eigenvalue weighted by molar-refractivity contribution is 4.91. The lowest BCUT2D eigenvalue weighted by Crippen LogP contribution is -2.15. The van der Waals surface area contributed by atoms with E-state index >= 15 is 0 Å². The molecule has 4 nitrogen and oxygen atoms in total. The molecule has 0 spiro atoms. The van der Waals surface area contributed by atoms with Crippen LogP contribution in [-0.2, 0) is 6.54 Å². The Balaban J connectivity index is 2.19. The van der Waals surface area contributed by atoms with E-state index < -0.39 is 0 Å². The van der Waals surface area contributed by atoms with E-state index in [2.05, 4.69) is 26.6 Å². The lowest BCUT2D eigenvalue weighted by Gasteiger charge is -1.98. The predicted molar refractivity (Wildman–Crippen MR) is 40.8 cm³/mol. The molecular formula is C7H11N3O. The third-order valence-electron chi connectivity index (χ3n) is 1.12. The van der Waals surface area contributed by atoms with E-state index in [9.17, 15) is 0 Å². The molecule has 1 heterocycles. The molecule has 0 bridgehead atoms. The first-order chi connectivity index (χ1) is 5.29. The molecule has 1 N–H and O–H groups in total.